The summed E-state index contributed by atoms with van der Waals surface area (Å²) in [6.07, 6.45) is 0. The lowest BCUT2D eigenvalue weighted by atomic mass is 9.83. The highest BCUT2D eigenvalue weighted by Crippen LogP contribution is 2.41. The van der Waals surface area contributed by atoms with Crippen LogP contribution in [0.3, 0.4) is 0 Å². The molecule has 0 aromatic heterocycles. The van der Waals surface area contributed by atoms with E-state index in [0.717, 1.165) is 15.6 Å². The zero-order chi connectivity index (χ0) is 19.6. The molecule has 1 aliphatic rings. The van der Waals surface area contributed by atoms with Gasteiger partial charge in [0.25, 0.3) is 6.02 Å². The molecular weight excluding hydrogens is 422 g/mol. The van der Waals surface area contributed by atoms with Crippen LogP contribution in [0, 0.1) is 6.92 Å². The third-order valence-electron chi connectivity index (χ3n) is 4.26. The van der Waals surface area contributed by atoms with E-state index in [-0.39, 0.29) is 18.4 Å². The predicted octanol–water partition coefficient (Wildman–Crippen LogP) is 4.35. The van der Waals surface area contributed by atoms with E-state index in [0.29, 0.717) is 17.9 Å². The zero-order valence-electron chi connectivity index (χ0n) is 14.8. The first-order valence-corrected chi connectivity index (χ1v) is 9.11. The van der Waals surface area contributed by atoms with Crippen molar-refractivity contribution >= 4 is 22.0 Å². The second kappa shape index (κ2) is 7.72. The Kier molecular flexibility index (Phi) is 5.55. The summed E-state index contributed by atoms with van der Waals surface area (Å²) >= 11 is 3.49. The Morgan fingerprint density at radius 1 is 1.26 bits per heavy atom. The van der Waals surface area contributed by atoms with Crippen molar-refractivity contribution in [3.05, 3.63) is 57.6 Å². The number of hydrogen-bond acceptors (Lipinski definition) is 5. The number of rotatable bonds is 6. The summed E-state index contributed by atoms with van der Waals surface area (Å²) < 4.78 is 41.6. The number of halogens is 3. The van der Waals surface area contributed by atoms with Gasteiger partial charge in [0.05, 0.1) is 6.61 Å². The van der Waals surface area contributed by atoms with Crippen molar-refractivity contribution in [3.63, 3.8) is 0 Å². The van der Waals surface area contributed by atoms with Gasteiger partial charge in [-0.05, 0) is 60.9 Å². The summed E-state index contributed by atoms with van der Waals surface area (Å²) in [6.45, 7) is 1.42. The standard InChI is InChI=1S/C19H19BrF2N2O3/c1-3-25-15-8-13(7-14(20)9-15)19(10-26-18(23)24-19)12-4-5-16(11(2)6-12)27-17(21)22/h4-9,17H,3,10H2,1-2H3,(H2,23,24)/t19-/m0/s1. The van der Waals surface area contributed by atoms with Crippen LogP contribution in [-0.2, 0) is 10.3 Å². The number of benzene rings is 2. The summed E-state index contributed by atoms with van der Waals surface area (Å²) in [4.78, 5) is 4.54. The number of hydrogen-bond donors (Lipinski definition) is 1. The molecule has 2 aromatic rings. The topological polar surface area (TPSA) is 66.1 Å². The first-order valence-electron chi connectivity index (χ1n) is 8.32. The minimum atomic E-state index is -2.88. The molecular formula is C19H19BrF2N2O3. The Labute approximate surface area is 164 Å². The second-order valence-electron chi connectivity index (χ2n) is 6.07. The Morgan fingerprint density at radius 3 is 2.63 bits per heavy atom. The fraction of sp³-hybridized carbons (Fsp3) is 0.316. The highest BCUT2D eigenvalue weighted by Gasteiger charge is 2.41. The van der Waals surface area contributed by atoms with Crippen molar-refractivity contribution in [2.75, 3.05) is 13.2 Å². The molecule has 27 heavy (non-hydrogen) atoms. The number of ether oxygens (including phenoxy) is 3. The largest absolute Gasteiger partial charge is 0.494 e. The molecule has 144 valence electrons. The number of aliphatic imine (C=N–C) groups is 1. The highest BCUT2D eigenvalue weighted by molar-refractivity contribution is 9.10. The molecule has 3 rings (SSSR count). The van der Waals surface area contributed by atoms with Gasteiger partial charge in [-0.15, -0.1) is 0 Å². The van der Waals surface area contributed by atoms with Crippen molar-refractivity contribution in [1.29, 1.82) is 0 Å². The molecule has 0 aliphatic carbocycles. The third-order valence-corrected chi connectivity index (χ3v) is 4.72. The number of nitrogens with two attached hydrogens (primary N) is 1. The maximum absolute atomic E-state index is 12.6. The smallest absolute Gasteiger partial charge is 0.387 e. The van der Waals surface area contributed by atoms with E-state index in [1.165, 1.54) is 6.07 Å². The first kappa shape index (κ1) is 19.4. The van der Waals surface area contributed by atoms with Crippen molar-refractivity contribution < 1.29 is 23.0 Å². The van der Waals surface area contributed by atoms with E-state index in [1.54, 1.807) is 19.1 Å². The van der Waals surface area contributed by atoms with Crippen LogP contribution in [0.2, 0.25) is 0 Å². The predicted molar refractivity (Wildman–Crippen MR) is 101 cm³/mol. The van der Waals surface area contributed by atoms with Crippen LogP contribution in [-0.4, -0.2) is 25.8 Å². The first-order chi connectivity index (χ1) is 12.8. The Bertz CT molecular complexity index is 876. The van der Waals surface area contributed by atoms with Gasteiger partial charge in [0, 0.05) is 4.47 Å². The van der Waals surface area contributed by atoms with Gasteiger partial charge in [-0.3, -0.25) is 0 Å². The SMILES string of the molecule is CCOc1cc(Br)cc([C@@]2(c3ccc(OC(F)F)c(C)c3)COC(N)=N2)c1. The van der Waals surface area contributed by atoms with Crippen molar-refractivity contribution in [1.82, 2.24) is 0 Å². The lowest BCUT2D eigenvalue weighted by Crippen LogP contribution is -2.27. The van der Waals surface area contributed by atoms with Gasteiger partial charge in [0.1, 0.15) is 18.1 Å². The summed E-state index contributed by atoms with van der Waals surface area (Å²) in [5.74, 6) is 0.792. The molecule has 1 aliphatic heterocycles. The molecule has 0 radical (unpaired) electrons. The maximum atomic E-state index is 12.6. The molecule has 1 atom stereocenters. The Hall–Kier alpha value is -2.35. The molecule has 0 saturated heterocycles. The van der Waals surface area contributed by atoms with Crippen molar-refractivity contribution in [2.24, 2.45) is 10.7 Å². The quantitative estimate of drug-likeness (QED) is 0.724. The van der Waals surface area contributed by atoms with Gasteiger partial charge >= 0.3 is 6.61 Å². The van der Waals surface area contributed by atoms with E-state index in [4.69, 9.17) is 15.2 Å². The molecule has 0 fully saturated rings. The van der Waals surface area contributed by atoms with Crippen molar-refractivity contribution in [3.8, 4) is 11.5 Å². The minimum Gasteiger partial charge on any atom is -0.494 e. The fourth-order valence-corrected chi connectivity index (χ4v) is 3.55. The normalized spacial score (nSPS) is 19.0. The van der Waals surface area contributed by atoms with Crippen LogP contribution in [0.25, 0.3) is 0 Å². The van der Waals surface area contributed by atoms with Gasteiger partial charge in [0.2, 0.25) is 0 Å². The number of alkyl halides is 2. The maximum Gasteiger partial charge on any atom is 0.387 e. The number of amidine groups is 1. The van der Waals surface area contributed by atoms with Crippen LogP contribution in [0.5, 0.6) is 11.5 Å². The van der Waals surface area contributed by atoms with Gasteiger partial charge in [-0.1, -0.05) is 22.0 Å². The van der Waals surface area contributed by atoms with Crippen LogP contribution >= 0.6 is 15.9 Å². The van der Waals surface area contributed by atoms with Gasteiger partial charge in [0.15, 0.2) is 5.54 Å². The van der Waals surface area contributed by atoms with Gasteiger partial charge in [-0.2, -0.15) is 8.78 Å². The van der Waals surface area contributed by atoms with Crippen LogP contribution < -0.4 is 15.2 Å². The lowest BCUT2D eigenvalue weighted by molar-refractivity contribution is -0.0503. The molecule has 2 aromatic carbocycles. The average molecular weight is 441 g/mol. The molecule has 0 saturated carbocycles. The number of nitrogens with zero attached hydrogens (tertiary/aromatic N) is 1. The van der Waals surface area contributed by atoms with E-state index in [9.17, 15) is 8.78 Å². The summed E-state index contributed by atoms with van der Waals surface area (Å²) in [5.41, 5.74) is 7.03. The molecule has 0 bridgehead atoms. The molecule has 2 N–H and O–H groups in total. The highest BCUT2D eigenvalue weighted by atomic mass is 79.9. The van der Waals surface area contributed by atoms with E-state index in [1.807, 2.05) is 25.1 Å². The molecule has 5 nitrogen and oxygen atoms in total. The molecule has 0 spiro atoms. The molecule has 0 amide bonds. The van der Waals surface area contributed by atoms with Gasteiger partial charge < -0.3 is 19.9 Å². The van der Waals surface area contributed by atoms with Crippen LogP contribution in [0.4, 0.5) is 8.78 Å². The van der Waals surface area contributed by atoms with Gasteiger partial charge in [-0.25, -0.2) is 4.99 Å². The Balaban J connectivity index is 2.11. The Morgan fingerprint density at radius 2 is 2.04 bits per heavy atom. The van der Waals surface area contributed by atoms with E-state index in [2.05, 4.69) is 25.7 Å². The van der Waals surface area contributed by atoms with E-state index >= 15 is 0 Å². The minimum absolute atomic E-state index is 0.0681. The number of aryl methyl sites for hydroxylation is 1. The lowest BCUT2D eigenvalue weighted by Gasteiger charge is -2.27. The van der Waals surface area contributed by atoms with Crippen LogP contribution in [0.15, 0.2) is 45.9 Å². The molecule has 8 heteroatoms. The van der Waals surface area contributed by atoms with Crippen molar-refractivity contribution in [2.45, 2.75) is 26.0 Å². The van der Waals surface area contributed by atoms with Crippen LogP contribution in [0.1, 0.15) is 23.6 Å². The molecule has 1 heterocycles. The van der Waals surface area contributed by atoms with E-state index < -0.39 is 12.2 Å². The summed E-state index contributed by atoms with van der Waals surface area (Å²) in [5, 5.41) is 0. The second-order valence-corrected chi connectivity index (χ2v) is 6.98. The monoisotopic (exact) mass is 440 g/mol. The third kappa shape index (κ3) is 4.00. The summed E-state index contributed by atoms with van der Waals surface area (Å²) in [7, 11) is 0. The zero-order valence-corrected chi connectivity index (χ0v) is 16.4. The average Bonchev–Trinajstić information content (AvgIpc) is 2.99. The fourth-order valence-electron chi connectivity index (χ4n) is 3.08. The molecule has 0 unspecified atom stereocenters. The summed E-state index contributed by atoms with van der Waals surface area (Å²) in [6, 6.07) is 10.7.